The van der Waals surface area contributed by atoms with Gasteiger partial charge < -0.3 is 20.5 Å². The third kappa shape index (κ3) is 9.84. The van der Waals surface area contributed by atoms with Gasteiger partial charge in [-0.05, 0) is 50.4 Å². The van der Waals surface area contributed by atoms with Crippen LogP contribution in [0.3, 0.4) is 0 Å². The number of carbonyl (C=O) groups is 1. The average molecular weight is 549 g/mol. The number of aliphatic hydroxyl groups is 1. The molecule has 1 aliphatic carbocycles. The molecule has 0 saturated heterocycles. The maximum Gasteiger partial charge on any atom is 0.417 e. The fraction of sp³-hybridized carbons (Fsp3) is 0.679. The van der Waals surface area contributed by atoms with Crippen molar-refractivity contribution in [2.45, 2.75) is 109 Å². The Morgan fingerprint density at radius 3 is 2.16 bits per heavy atom. The highest BCUT2D eigenvalue weighted by atomic mass is 19.4. The van der Waals surface area contributed by atoms with Crippen LogP contribution in [-0.4, -0.2) is 45.8 Å². The van der Waals surface area contributed by atoms with E-state index in [0.717, 1.165) is 19.0 Å². The third-order valence-electron chi connectivity index (χ3n) is 7.13. The molecule has 10 heteroatoms. The van der Waals surface area contributed by atoms with Crippen LogP contribution < -0.4 is 5.32 Å². The lowest BCUT2D eigenvalue weighted by Gasteiger charge is -2.36. The predicted molar refractivity (Wildman–Crippen MR) is 139 cm³/mol. The molecule has 0 aliphatic heterocycles. The standard InChI is InChI=1S/C17H33F2NO.C11H8F3NO2/c1-2-3-4-5-6-7-8-9-14-20-15-16(21)10-12-17(18,19)13-11-16;1-5-4-7(10(16)17)8(11(12,13)14)6-2-3-15-9(5)6/h20-21H,2-15H2,1H3;2-4,15H,1H3,(H,16,17). The smallest absolute Gasteiger partial charge is 0.417 e. The second-order valence-electron chi connectivity index (χ2n) is 10.4. The summed E-state index contributed by atoms with van der Waals surface area (Å²) in [6.45, 7) is 5.13. The summed E-state index contributed by atoms with van der Waals surface area (Å²) in [5.74, 6) is -4.15. The van der Waals surface area contributed by atoms with Crippen molar-refractivity contribution >= 4 is 16.9 Å². The number of aromatic amines is 1. The van der Waals surface area contributed by atoms with Gasteiger partial charge in [0, 0.05) is 36.5 Å². The first-order chi connectivity index (χ1) is 17.8. The summed E-state index contributed by atoms with van der Waals surface area (Å²) in [6, 6.07) is 2.27. The zero-order valence-corrected chi connectivity index (χ0v) is 22.3. The minimum atomic E-state index is -4.69. The number of halogens is 5. The van der Waals surface area contributed by atoms with Crippen LogP contribution in [0.2, 0.25) is 0 Å². The lowest BCUT2D eigenvalue weighted by Crippen LogP contribution is -2.46. The first-order valence-electron chi connectivity index (χ1n) is 13.5. The zero-order valence-electron chi connectivity index (χ0n) is 22.3. The number of benzene rings is 1. The number of carboxylic acid groups (broad SMARTS) is 1. The van der Waals surface area contributed by atoms with Crippen molar-refractivity contribution in [3.8, 4) is 0 Å². The lowest BCUT2D eigenvalue weighted by atomic mass is 9.83. The SMILES string of the molecule is CCCCCCCCCCNCC1(O)CCC(F)(F)CC1.Cc1cc(C(=O)O)c(C(F)(F)F)c2cc[nH]c12. The number of carboxylic acids is 1. The highest BCUT2D eigenvalue weighted by molar-refractivity contribution is 5.98. The Labute approximate surface area is 221 Å². The van der Waals surface area contributed by atoms with Crippen molar-refractivity contribution in [1.82, 2.24) is 10.3 Å². The second-order valence-corrected chi connectivity index (χ2v) is 10.4. The number of hydrogen-bond donors (Lipinski definition) is 4. The van der Waals surface area contributed by atoms with Gasteiger partial charge in [0.15, 0.2) is 0 Å². The maximum atomic E-state index is 13.1. The van der Waals surface area contributed by atoms with E-state index in [1.165, 1.54) is 57.2 Å². The first-order valence-corrected chi connectivity index (χ1v) is 13.5. The molecule has 0 radical (unpaired) electrons. The molecule has 0 spiro atoms. The van der Waals surface area contributed by atoms with E-state index < -0.39 is 34.8 Å². The van der Waals surface area contributed by atoms with Crippen molar-refractivity contribution in [1.29, 1.82) is 0 Å². The van der Waals surface area contributed by atoms with E-state index >= 15 is 0 Å². The maximum absolute atomic E-state index is 13.1. The molecule has 3 rings (SSSR count). The number of alkyl halides is 5. The van der Waals surface area contributed by atoms with Crippen molar-refractivity contribution < 1.29 is 37.0 Å². The molecule has 1 saturated carbocycles. The van der Waals surface area contributed by atoms with Crippen LogP contribution in [0, 0.1) is 6.92 Å². The Morgan fingerprint density at radius 1 is 1.03 bits per heavy atom. The van der Waals surface area contributed by atoms with Crippen molar-refractivity contribution in [2.75, 3.05) is 13.1 Å². The Balaban J connectivity index is 0.000000272. The molecule has 0 atom stereocenters. The van der Waals surface area contributed by atoms with Crippen LogP contribution in [0.4, 0.5) is 22.0 Å². The molecule has 2 aromatic rings. The molecule has 1 aromatic heterocycles. The lowest BCUT2D eigenvalue weighted by molar-refractivity contribution is -0.136. The average Bonchev–Trinajstić information content (AvgIpc) is 3.32. The second kappa shape index (κ2) is 14.3. The summed E-state index contributed by atoms with van der Waals surface area (Å²) >= 11 is 0. The molecule has 0 bridgehead atoms. The van der Waals surface area contributed by atoms with E-state index in [1.54, 1.807) is 6.92 Å². The highest BCUT2D eigenvalue weighted by Crippen LogP contribution is 2.39. The molecule has 1 heterocycles. The summed E-state index contributed by atoms with van der Waals surface area (Å²) in [4.78, 5) is 13.5. The summed E-state index contributed by atoms with van der Waals surface area (Å²) in [6.07, 6.45) is 7.00. The Morgan fingerprint density at radius 2 is 1.61 bits per heavy atom. The Kier molecular flexibility index (Phi) is 12.0. The first kappa shape index (κ1) is 32.0. The largest absolute Gasteiger partial charge is 0.478 e. The van der Waals surface area contributed by atoms with Gasteiger partial charge >= 0.3 is 12.1 Å². The van der Waals surface area contributed by atoms with Gasteiger partial charge in [-0.15, -0.1) is 0 Å². The number of rotatable bonds is 12. The van der Waals surface area contributed by atoms with Crippen molar-refractivity contribution in [3.63, 3.8) is 0 Å². The number of hydrogen-bond acceptors (Lipinski definition) is 3. The quantitative estimate of drug-likeness (QED) is 0.161. The van der Waals surface area contributed by atoms with Gasteiger partial charge in [0.1, 0.15) is 0 Å². The topological polar surface area (TPSA) is 85.3 Å². The van der Waals surface area contributed by atoms with Crippen molar-refractivity contribution in [2.24, 2.45) is 0 Å². The van der Waals surface area contributed by atoms with E-state index in [-0.39, 0.29) is 31.1 Å². The number of H-pyrrole nitrogens is 1. The van der Waals surface area contributed by atoms with Gasteiger partial charge in [-0.25, -0.2) is 13.6 Å². The van der Waals surface area contributed by atoms with Gasteiger partial charge in [0.2, 0.25) is 5.92 Å². The fourth-order valence-corrected chi connectivity index (χ4v) is 4.85. The third-order valence-corrected chi connectivity index (χ3v) is 7.13. The summed E-state index contributed by atoms with van der Waals surface area (Å²) < 4.78 is 64.7. The van der Waals surface area contributed by atoms with E-state index in [2.05, 4.69) is 17.2 Å². The number of unbranched alkanes of at least 4 members (excludes halogenated alkanes) is 7. The molecule has 216 valence electrons. The Hall–Kier alpha value is -2.20. The molecule has 0 unspecified atom stereocenters. The van der Waals surface area contributed by atoms with Crippen LogP contribution in [0.5, 0.6) is 0 Å². The minimum Gasteiger partial charge on any atom is -0.478 e. The summed E-state index contributed by atoms with van der Waals surface area (Å²) in [5.41, 5.74) is -1.96. The van der Waals surface area contributed by atoms with Crippen LogP contribution in [0.1, 0.15) is 105 Å². The normalized spacial score (nSPS) is 16.7. The van der Waals surface area contributed by atoms with Crippen LogP contribution in [0.25, 0.3) is 10.9 Å². The molecule has 38 heavy (non-hydrogen) atoms. The molecule has 1 fully saturated rings. The van der Waals surface area contributed by atoms with E-state index in [4.69, 9.17) is 5.11 Å². The van der Waals surface area contributed by atoms with Gasteiger partial charge in [-0.1, -0.05) is 51.9 Å². The van der Waals surface area contributed by atoms with Gasteiger partial charge in [-0.3, -0.25) is 0 Å². The van der Waals surface area contributed by atoms with E-state index in [9.17, 15) is 31.9 Å². The summed E-state index contributed by atoms with van der Waals surface area (Å²) in [5, 5.41) is 22.2. The van der Waals surface area contributed by atoms with Gasteiger partial charge in [0.05, 0.1) is 16.7 Å². The van der Waals surface area contributed by atoms with Crippen LogP contribution in [0.15, 0.2) is 18.3 Å². The monoisotopic (exact) mass is 548 g/mol. The molecule has 1 aliphatic rings. The predicted octanol–water partition coefficient (Wildman–Crippen LogP) is 7.85. The van der Waals surface area contributed by atoms with Crippen LogP contribution in [-0.2, 0) is 6.18 Å². The number of aromatic carboxylic acids is 1. The van der Waals surface area contributed by atoms with E-state index in [0.29, 0.717) is 17.6 Å². The highest BCUT2D eigenvalue weighted by Gasteiger charge is 2.42. The number of aryl methyl sites for hydroxylation is 1. The molecular formula is C28H41F5N2O3. The number of nitrogens with one attached hydrogen (secondary N) is 2. The summed E-state index contributed by atoms with van der Waals surface area (Å²) in [7, 11) is 0. The fourth-order valence-electron chi connectivity index (χ4n) is 4.85. The zero-order chi connectivity index (χ0) is 28.4. The number of fused-ring (bicyclic) bond motifs is 1. The van der Waals surface area contributed by atoms with Crippen molar-refractivity contribution in [3.05, 3.63) is 35.0 Å². The van der Waals surface area contributed by atoms with Gasteiger partial charge in [-0.2, -0.15) is 13.2 Å². The van der Waals surface area contributed by atoms with E-state index in [1.807, 2.05) is 0 Å². The minimum absolute atomic E-state index is 0.116. The Bertz CT molecular complexity index is 1010. The molecular weight excluding hydrogens is 507 g/mol. The van der Waals surface area contributed by atoms with Crippen LogP contribution >= 0.6 is 0 Å². The van der Waals surface area contributed by atoms with Gasteiger partial charge in [0.25, 0.3) is 0 Å². The number of aromatic nitrogens is 1. The molecule has 1 aromatic carbocycles. The molecule has 4 N–H and O–H groups in total. The molecule has 0 amide bonds. The molecule has 5 nitrogen and oxygen atoms in total.